The van der Waals surface area contributed by atoms with Gasteiger partial charge in [-0.25, -0.2) is 12.8 Å². The van der Waals surface area contributed by atoms with Gasteiger partial charge in [-0.1, -0.05) is 104 Å². The van der Waals surface area contributed by atoms with Crippen LogP contribution in [-0.4, -0.2) is 43.8 Å². The number of nitrogens with zero attached hydrogens (tertiary/aromatic N) is 2. The van der Waals surface area contributed by atoms with Gasteiger partial charge < -0.3 is 10.2 Å². The van der Waals surface area contributed by atoms with Crippen molar-refractivity contribution in [1.29, 1.82) is 0 Å². The number of anilines is 1. The molecule has 4 aromatic rings. The van der Waals surface area contributed by atoms with Gasteiger partial charge in [0.2, 0.25) is 11.8 Å². The van der Waals surface area contributed by atoms with E-state index in [-0.39, 0.29) is 35.5 Å². The summed E-state index contributed by atoms with van der Waals surface area (Å²) in [5.74, 6) is -1.69. The number of aryl methyl sites for hydroxylation is 1. The molecule has 240 valence electrons. The number of carbonyl (C=O) groups is 2. The van der Waals surface area contributed by atoms with Gasteiger partial charge in [0.1, 0.15) is 18.4 Å². The summed E-state index contributed by atoms with van der Waals surface area (Å²) in [6.07, 6.45) is 5.13. The Morgan fingerprint density at radius 2 is 1.43 bits per heavy atom. The zero-order chi connectivity index (χ0) is 32.5. The number of amides is 2. The lowest BCUT2D eigenvalue weighted by Crippen LogP contribution is -2.55. The van der Waals surface area contributed by atoms with Gasteiger partial charge in [0, 0.05) is 19.0 Å². The molecule has 1 N–H and O–H groups in total. The second kappa shape index (κ2) is 15.2. The Balaban J connectivity index is 1.57. The van der Waals surface area contributed by atoms with Crippen molar-refractivity contribution in [2.45, 2.75) is 69.0 Å². The van der Waals surface area contributed by atoms with Crippen LogP contribution >= 0.6 is 0 Å². The first-order valence-corrected chi connectivity index (χ1v) is 17.2. The predicted octanol–water partition coefficient (Wildman–Crippen LogP) is 6.42. The van der Waals surface area contributed by atoms with E-state index < -0.39 is 34.3 Å². The van der Waals surface area contributed by atoms with Crippen LogP contribution < -0.4 is 9.62 Å². The molecular weight excluding hydrogens is 601 g/mol. The van der Waals surface area contributed by atoms with Gasteiger partial charge in [-0.3, -0.25) is 13.9 Å². The van der Waals surface area contributed by atoms with Crippen molar-refractivity contribution < 1.29 is 22.4 Å². The maximum absolute atomic E-state index is 15.3. The molecule has 9 heteroatoms. The number of hydrogen-bond donors (Lipinski definition) is 1. The molecule has 1 aliphatic carbocycles. The average molecular weight is 642 g/mol. The minimum absolute atomic E-state index is 0.00306. The van der Waals surface area contributed by atoms with E-state index in [1.165, 1.54) is 35.2 Å². The first-order valence-electron chi connectivity index (χ1n) is 15.7. The van der Waals surface area contributed by atoms with Gasteiger partial charge in [-0.2, -0.15) is 0 Å². The van der Waals surface area contributed by atoms with Gasteiger partial charge in [0.25, 0.3) is 10.0 Å². The van der Waals surface area contributed by atoms with Crippen molar-refractivity contribution in [3.8, 4) is 0 Å². The van der Waals surface area contributed by atoms with Gasteiger partial charge >= 0.3 is 0 Å². The molecule has 1 atom stereocenters. The lowest BCUT2D eigenvalue weighted by molar-refractivity contribution is -0.140. The lowest BCUT2D eigenvalue weighted by atomic mass is 9.94. The predicted molar refractivity (Wildman–Crippen MR) is 178 cm³/mol. The van der Waals surface area contributed by atoms with Crippen LogP contribution in [0.4, 0.5) is 10.1 Å². The number of carbonyl (C=O) groups excluding carboxylic acids is 2. The zero-order valence-electron chi connectivity index (χ0n) is 26.0. The van der Waals surface area contributed by atoms with Gasteiger partial charge in [0.05, 0.1) is 10.6 Å². The Morgan fingerprint density at radius 1 is 0.826 bits per heavy atom. The molecule has 2 amide bonds. The Morgan fingerprint density at radius 3 is 2.11 bits per heavy atom. The first-order chi connectivity index (χ1) is 22.2. The summed E-state index contributed by atoms with van der Waals surface area (Å²) >= 11 is 0. The highest BCUT2D eigenvalue weighted by Crippen LogP contribution is 2.28. The topological polar surface area (TPSA) is 86.8 Å². The van der Waals surface area contributed by atoms with E-state index in [1.54, 1.807) is 18.2 Å². The molecule has 0 heterocycles. The van der Waals surface area contributed by atoms with E-state index >= 15 is 4.39 Å². The molecule has 0 aromatic heterocycles. The second-order valence-electron chi connectivity index (χ2n) is 11.8. The molecule has 0 radical (unpaired) electrons. The number of nitrogens with one attached hydrogen (secondary N) is 1. The SMILES string of the molecule is Cc1ccccc1CN(C(=O)CN(c1ccccc1F)S(=O)(=O)c1ccccc1)[C@@H](Cc1ccccc1)C(=O)NC1CCCCC1. The third-order valence-corrected chi connectivity index (χ3v) is 10.3. The number of para-hydroxylation sites is 1. The van der Waals surface area contributed by atoms with Crippen molar-refractivity contribution in [1.82, 2.24) is 10.2 Å². The quantitative estimate of drug-likeness (QED) is 0.194. The minimum atomic E-state index is -4.37. The van der Waals surface area contributed by atoms with E-state index in [9.17, 15) is 18.0 Å². The molecule has 46 heavy (non-hydrogen) atoms. The number of hydrogen-bond acceptors (Lipinski definition) is 4. The minimum Gasteiger partial charge on any atom is -0.352 e. The summed E-state index contributed by atoms with van der Waals surface area (Å²) in [7, 11) is -4.37. The Hall–Kier alpha value is -4.50. The first kappa shape index (κ1) is 32.9. The van der Waals surface area contributed by atoms with Crippen LogP contribution in [-0.2, 0) is 32.6 Å². The molecule has 0 unspecified atom stereocenters. The molecule has 4 aromatic carbocycles. The number of rotatable bonds is 12. The monoisotopic (exact) mass is 641 g/mol. The zero-order valence-corrected chi connectivity index (χ0v) is 26.8. The molecule has 1 fully saturated rings. The average Bonchev–Trinajstić information content (AvgIpc) is 3.07. The van der Waals surface area contributed by atoms with Crippen molar-refractivity contribution in [3.63, 3.8) is 0 Å². The Labute approximate surface area is 271 Å². The fraction of sp³-hybridized carbons (Fsp3) is 0.297. The van der Waals surface area contributed by atoms with E-state index in [0.717, 1.165) is 59.2 Å². The van der Waals surface area contributed by atoms with Gasteiger partial charge in [-0.05, 0) is 60.7 Å². The largest absolute Gasteiger partial charge is 0.352 e. The number of benzene rings is 4. The maximum Gasteiger partial charge on any atom is 0.264 e. The lowest BCUT2D eigenvalue weighted by Gasteiger charge is -2.35. The molecule has 7 nitrogen and oxygen atoms in total. The molecule has 1 aliphatic rings. The summed E-state index contributed by atoms with van der Waals surface area (Å²) < 4.78 is 44.1. The van der Waals surface area contributed by atoms with E-state index in [4.69, 9.17) is 0 Å². The van der Waals surface area contributed by atoms with E-state index in [2.05, 4.69) is 5.32 Å². The highest BCUT2D eigenvalue weighted by molar-refractivity contribution is 7.92. The third kappa shape index (κ3) is 8.01. The number of halogens is 1. The standard InChI is InChI=1S/C37H40FN3O4S/c1-28-15-11-12-18-30(28)26-40(35(25-29-16-5-2-6-17-29)37(43)39-31-19-7-3-8-20-31)36(42)27-41(34-24-14-13-23-33(34)38)46(44,45)32-21-9-4-10-22-32/h2,4-6,9-18,21-24,31,35H,3,7-8,19-20,25-27H2,1H3,(H,39,43)/t35-/m0/s1. The van der Waals surface area contributed by atoms with Gasteiger partial charge in [-0.15, -0.1) is 0 Å². The summed E-state index contributed by atoms with van der Waals surface area (Å²) in [6.45, 7) is 1.29. The van der Waals surface area contributed by atoms with E-state index in [0.29, 0.717) is 0 Å². The summed E-state index contributed by atoms with van der Waals surface area (Å²) in [5.41, 5.74) is 2.36. The molecule has 5 rings (SSSR count). The van der Waals surface area contributed by atoms with Crippen LogP contribution in [0, 0.1) is 12.7 Å². The highest BCUT2D eigenvalue weighted by Gasteiger charge is 2.36. The van der Waals surface area contributed by atoms with Crippen LogP contribution in [0.2, 0.25) is 0 Å². The molecular formula is C37H40FN3O4S. The van der Waals surface area contributed by atoms with Gasteiger partial charge in [0.15, 0.2) is 0 Å². The number of sulfonamides is 1. The van der Waals surface area contributed by atoms with Crippen molar-refractivity contribution in [3.05, 3.63) is 132 Å². The van der Waals surface area contributed by atoms with Crippen molar-refractivity contribution in [2.75, 3.05) is 10.8 Å². The van der Waals surface area contributed by atoms with Crippen LogP contribution in [0.3, 0.4) is 0 Å². The van der Waals surface area contributed by atoms with Crippen LogP contribution in [0.5, 0.6) is 0 Å². The Kier molecular flexibility index (Phi) is 10.9. The maximum atomic E-state index is 15.3. The summed E-state index contributed by atoms with van der Waals surface area (Å²) in [5, 5.41) is 3.20. The smallest absolute Gasteiger partial charge is 0.264 e. The molecule has 1 saturated carbocycles. The fourth-order valence-corrected chi connectivity index (χ4v) is 7.40. The second-order valence-corrected chi connectivity index (χ2v) is 13.6. The molecule has 0 spiro atoms. The van der Waals surface area contributed by atoms with E-state index in [1.807, 2.05) is 61.5 Å². The van der Waals surface area contributed by atoms with Crippen LogP contribution in [0.15, 0.2) is 114 Å². The fourth-order valence-electron chi connectivity index (χ4n) is 5.96. The van der Waals surface area contributed by atoms with Crippen LogP contribution in [0.1, 0.15) is 48.8 Å². The van der Waals surface area contributed by atoms with Crippen molar-refractivity contribution in [2.24, 2.45) is 0 Å². The summed E-state index contributed by atoms with van der Waals surface area (Å²) in [6, 6.07) is 29.2. The molecule has 0 bridgehead atoms. The summed E-state index contributed by atoms with van der Waals surface area (Å²) in [4.78, 5) is 30.1. The Bertz CT molecular complexity index is 1730. The molecule has 0 saturated heterocycles. The third-order valence-electron chi connectivity index (χ3n) is 8.56. The van der Waals surface area contributed by atoms with Crippen LogP contribution in [0.25, 0.3) is 0 Å². The highest BCUT2D eigenvalue weighted by atomic mass is 32.2. The normalized spacial score (nSPS) is 14.3. The molecule has 0 aliphatic heterocycles. The van der Waals surface area contributed by atoms with Crippen molar-refractivity contribution >= 4 is 27.5 Å².